The summed E-state index contributed by atoms with van der Waals surface area (Å²) in [5.41, 5.74) is 1.81. The fourth-order valence-corrected chi connectivity index (χ4v) is 2.98. The normalized spacial score (nSPS) is 16.6. The molecule has 0 saturated carbocycles. The van der Waals surface area contributed by atoms with E-state index in [-0.39, 0.29) is 17.7 Å². The molecule has 0 bridgehead atoms. The summed E-state index contributed by atoms with van der Waals surface area (Å²) in [6.07, 6.45) is 7.28. The van der Waals surface area contributed by atoms with Crippen LogP contribution < -0.4 is 5.32 Å². The molecule has 3 rings (SSSR count). The molecule has 0 aromatic carbocycles. The Kier molecular flexibility index (Phi) is 5.11. The monoisotopic (exact) mass is 341 g/mol. The quantitative estimate of drug-likeness (QED) is 0.894. The minimum Gasteiger partial charge on any atom is -0.350 e. The molecule has 0 saturated heterocycles. The highest BCUT2D eigenvalue weighted by Gasteiger charge is 2.32. The van der Waals surface area contributed by atoms with Gasteiger partial charge in [0.05, 0.1) is 25.1 Å². The average molecular weight is 341 g/mol. The lowest BCUT2D eigenvalue weighted by Gasteiger charge is -2.34. The predicted octanol–water partition coefficient (Wildman–Crippen LogP) is 1.52. The first-order valence-electron chi connectivity index (χ1n) is 8.49. The van der Waals surface area contributed by atoms with E-state index in [9.17, 15) is 9.59 Å². The van der Waals surface area contributed by atoms with Crippen LogP contribution in [0.25, 0.3) is 0 Å². The number of hydrogen-bond donors (Lipinski definition) is 1. The lowest BCUT2D eigenvalue weighted by Crippen LogP contribution is -2.46. The van der Waals surface area contributed by atoms with E-state index in [2.05, 4.69) is 15.3 Å². The van der Waals surface area contributed by atoms with Crippen LogP contribution in [0.4, 0.5) is 0 Å². The number of carbonyl (C=O) groups is 2. The first-order valence-corrected chi connectivity index (χ1v) is 8.49. The highest BCUT2D eigenvalue weighted by molar-refractivity contribution is 5.83. The van der Waals surface area contributed by atoms with E-state index in [1.165, 1.54) is 0 Å². The van der Waals surface area contributed by atoms with Crippen molar-refractivity contribution in [1.82, 2.24) is 24.8 Å². The summed E-state index contributed by atoms with van der Waals surface area (Å²) in [4.78, 5) is 35.1. The molecule has 1 atom stereocenters. The zero-order valence-electron chi connectivity index (χ0n) is 14.6. The Morgan fingerprint density at radius 1 is 1.32 bits per heavy atom. The number of pyridine rings is 1. The molecule has 1 aliphatic heterocycles. The van der Waals surface area contributed by atoms with Gasteiger partial charge in [0.25, 0.3) is 0 Å². The number of nitrogens with zero attached hydrogens (tertiary/aromatic N) is 4. The number of fused-ring (bicyclic) bond motifs is 1. The molecular weight excluding hydrogens is 318 g/mol. The van der Waals surface area contributed by atoms with Gasteiger partial charge >= 0.3 is 0 Å². The minimum absolute atomic E-state index is 0.0764. The van der Waals surface area contributed by atoms with Crippen molar-refractivity contribution in [3.8, 4) is 0 Å². The lowest BCUT2D eigenvalue weighted by atomic mass is 10.1. The number of imidazole rings is 1. The molecule has 0 radical (unpaired) electrons. The molecule has 132 valence electrons. The van der Waals surface area contributed by atoms with Crippen LogP contribution in [0.1, 0.15) is 37.6 Å². The number of amides is 2. The maximum Gasteiger partial charge on any atom is 0.245 e. The Labute approximate surface area is 147 Å². The highest BCUT2D eigenvalue weighted by Crippen LogP contribution is 2.22. The minimum atomic E-state index is -0.459. The highest BCUT2D eigenvalue weighted by atomic mass is 16.2. The maximum absolute atomic E-state index is 12.7. The van der Waals surface area contributed by atoms with E-state index < -0.39 is 6.04 Å². The van der Waals surface area contributed by atoms with Gasteiger partial charge in [0.2, 0.25) is 11.8 Å². The van der Waals surface area contributed by atoms with E-state index in [0.717, 1.165) is 11.3 Å². The van der Waals surface area contributed by atoms with Crippen molar-refractivity contribution in [2.45, 2.75) is 39.4 Å². The van der Waals surface area contributed by atoms with Crippen LogP contribution in [0.3, 0.4) is 0 Å². The summed E-state index contributed by atoms with van der Waals surface area (Å²) in [6.45, 7) is 5.31. The molecule has 1 aliphatic rings. The molecule has 25 heavy (non-hydrogen) atoms. The van der Waals surface area contributed by atoms with Crippen LogP contribution in [-0.4, -0.2) is 37.8 Å². The summed E-state index contributed by atoms with van der Waals surface area (Å²) in [7, 11) is 0. The van der Waals surface area contributed by atoms with Crippen LogP contribution in [-0.2, 0) is 22.7 Å². The zero-order valence-corrected chi connectivity index (χ0v) is 14.6. The first-order chi connectivity index (χ1) is 12.0. The third-order valence-electron chi connectivity index (χ3n) is 4.26. The Morgan fingerprint density at radius 3 is 2.88 bits per heavy atom. The molecule has 1 N–H and O–H groups in total. The topological polar surface area (TPSA) is 80.1 Å². The second kappa shape index (κ2) is 7.46. The van der Waals surface area contributed by atoms with Gasteiger partial charge in [0.15, 0.2) is 0 Å². The molecule has 7 heteroatoms. The van der Waals surface area contributed by atoms with Crippen LogP contribution in [0.15, 0.2) is 37.1 Å². The number of nitrogens with one attached hydrogen (secondary N) is 1. The number of rotatable bonds is 5. The molecular formula is C18H23N5O2. The third-order valence-corrected chi connectivity index (χ3v) is 4.26. The summed E-state index contributed by atoms with van der Waals surface area (Å²) >= 11 is 0. The van der Waals surface area contributed by atoms with Gasteiger partial charge in [-0.05, 0) is 17.5 Å². The van der Waals surface area contributed by atoms with Gasteiger partial charge in [-0.3, -0.25) is 14.6 Å². The third kappa shape index (κ3) is 4.04. The van der Waals surface area contributed by atoms with Gasteiger partial charge in [0.1, 0.15) is 6.04 Å². The summed E-state index contributed by atoms with van der Waals surface area (Å²) in [6, 6.07) is 3.29. The average Bonchev–Trinajstić information content (AvgIpc) is 3.07. The molecule has 0 fully saturated rings. The van der Waals surface area contributed by atoms with Crippen molar-refractivity contribution >= 4 is 11.8 Å². The van der Waals surface area contributed by atoms with E-state index in [0.29, 0.717) is 26.1 Å². The van der Waals surface area contributed by atoms with Crippen molar-refractivity contribution in [3.63, 3.8) is 0 Å². The molecule has 2 aromatic rings. The maximum atomic E-state index is 12.7. The fourth-order valence-electron chi connectivity index (χ4n) is 2.98. The van der Waals surface area contributed by atoms with Crippen molar-refractivity contribution in [1.29, 1.82) is 0 Å². The van der Waals surface area contributed by atoms with Crippen molar-refractivity contribution in [2.75, 3.05) is 6.54 Å². The van der Waals surface area contributed by atoms with Gasteiger partial charge in [-0.15, -0.1) is 0 Å². The predicted molar refractivity (Wildman–Crippen MR) is 92.2 cm³/mol. The Balaban J connectivity index is 1.71. The second-order valence-corrected chi connectivity index (χ2v) is 6.76. The smallest absolute Gasteiger partial charge is 0.245 e. The van der Waals surface area contributed by atoms with E-state index in [1.807, 2.05) is 30.5 Å². The van der Waals surface area contributed by atoms with Crippen LogP contribution in [0, 0.1) is 5.92 Å². The van der Waals surface area contributed by atoms with Crippen LogP contribution >= 0.6 is 0 Å². The number of hydrogen-bond acceptors (Lipinski definition) is 4. The van der Waals surface area contributed by atoms with Gasteiger partial charge in [0, 0.05) is 31.6 Å². The SMILES string of the molecule is CC(C)CC(=O)N1Cc2cncn2[C@H](C(=O)NCc2cccnc2)C1. The molecule has 2 amide bonds. The van der Waals surface area contributed by atoms with Crippen LogP contribution in [0.2, 0.25) is 0 Å². The number of carbonyl (C=O) groups excluding carboxylic acids is 2. The largest absolute Gasteiger partial charge is 0.350 e. The van der Waals surface area contributed by atoms with Crippen molar-refractivity contribution < 1.29 is 9.59 Å². The lowest BCUT2D eigenvalue weighted by molar-refractivity contribution is -0.136. The van der Waals surface area contributed by atoms with Crippen molar-refractivity contribution in [3.05, 3.63) is 48.3 Å². The fraction of sp³-hybridized carbons (Fsp3) is 0.444. The van der Waals surface area contributed by atoms with Crippen molar-refractivity contribution in [2.24, 2.45) is 5.92 Å². The molecule has 2 aromatic heterocycles. The molecule has 3 heterocycles. The summed E-state index contributed by atoms with van der Waals surface area (Å²) < 4.78 is 1.86. The summed E-state index contributed by atoms with van der Waals surface area (Å²) in [5.74, 6) is 0.245. The van der Waals surface area contributed by atoms with Gasteiger partial charge in [-0.2, -0.15) is 0 Å². The number of aromatic nitrogens is 3. The van der Waals surface area contributed by atoms with E-state index in [4.69, 9.17) is 0 Å². The van der Waals surface area contributed by atoms with E-state index in [1.54, 1.807) is 29.8 Å². The first kappa shape index (κ1) is 17.1. The molecule has 0 unspecified atom stereocenters. The molecule has 0 spiro atoms. The Morgan fingerprint density at radius 2 is 2.16 bits per heavy atom. The zero-order chi connectivity index (χ0) is 17.8. The molecule has 7 nitrogen and oxygen atoms in total. The van der Waals surface area contributed by atoms with Gasteiger partial charge < -0.3 is 14.8 Å². The second-order valence-electron chi connectivity index (χ2n) is 6.76. The molecule has 0 aliphatic carbocycles. The van der Waals surface area contributed by atoms with E-state index >= 15 is 0 Å². The van der Waals surface area contributed by atoms with Gasteiger partial charge in [-0.1, -0.05) is 19.9 Å². The summed E-state index contributed by atoms with van der Waals surface area (Å²) in [5, 5.41) is 2.93. The Hall–Kier alpha value is -2.70. The standard InChI is InChI=1S/C18H23N5O2/c1-13(2)6-17(24)22-10-15-9-20-12-23(15)16(11-22)18(25)21-8-14-4-3-5-19-7-14/h3-5,7,9,12-13,16H,6,8,10-11H2,1-2H3,(H,21,25)/t16-/m0/s1. The van der Waals surface area contributed by atoms with Crippen LogP contribution in [0.5, 0.6) is 0 Å². The Bertz CT molecular complexity index is 741. The van der Waals surface area contributed by atoms with Gasteiger partial charge in [-0.25, -0.2) is 4.98 Å².